The van der Waals surface area contributed by atoms with Crippen LogP contribution in [0.2, 0.25) is 0 Å². The van der Waals surface area contributed by atoms with Gasteiger partial charge in [-0.25, -0.2) is 0 Å². The van der Waals surface area contributed by atoms with Gasteiger partial charge in [-0.2, -0.15) is 13.2 Å². The van der Waals surface area contributed by atoms with Crippen molar-refractivity contribution in [2.75, 3.05) is 13.2 Å². The lowest BCUT2D eigenvalue weighted by Crippen LogP contribution is -2.51. The van der Waals surface area contributed by atoms with Crippen LogP contribution in [-0.2, 0) is 23.0 Å². The molecular formula is C23H22F3N3O5. The Hall–Kier alpha value is -3.60. The lowest BCUT2D eigenvalue weighted by Gasteiger charge is -2.36. The number of nitrogens with one attached hydrogen (secondary N) is 1. The number of hydrogen-bond donors (Lipinski definition) is 3. The van der Waals surface area contributed by atoms with Crippen molar-refractivity contribution in [2.24, 2.45) is 5.73 Å². The van der Waals surface area contributed by atoms with Gasteiger partial charge in [-0.1, -0.05) is 6.07 Å². The van der Waals surface area contributed by atoms with Crippen LogP contribution >= 0.6 is 0 Å². The molecule has 3 heterocycles. The largest absolute Gasteiger partial charge is 0.488 e. The molecule has 11 heteroatoms. The van der Waals surface area contributed by atoms with E-state index in [4.69, 9.17) is 14.9 Å². The minimum absolute atomic E-state index is 0.0130. The van der Waals surface area contributed by atoms with Crippen molar-refractivity contribution in [1.82, 2.24) is 10.3 Å². The van der Waals surface area contributed by atoms with E-state index in [-0.39, 0.29) is 45.6 Å². The van der Waals surface area contributed by atoms with Crippen LogP contribution in [0.4, 0.5) is 13.2 Å². The van der Waals surface area contributed by atoms with Crippen LogP contribution in [0.25, 0.3) is 11.0 Å². The molecule has 1 aliphatic rings. The Kier molecular flexibility index (Phi) is 5.98. The molecule has 2 amide bonds. The van der Waals surface area contributed by atoms with Crippen LogP contribution < -0.4 is 15.8 Å². The van der Waals surface area contributed by atoms with Gasteiger partial charge in [-0.05, 0) is 38.0 Å². The lowest BCUT2D eigenvalue weighted by atomic mass is 9.72. The first kappa shape index (κ1) is 23.6. The van der Waals surface area contributed by atoms with Gasteiger partial charge in [0.2, 0.25) is 5.91 Å². The highest BCUT2D eigenvalue weighted by Crippen LogP contribution is 2.45. The van der Waals surface area contributed by atoms with E-state index in [0.717, 1.165) is 6.20 Å². The minimum Gasteiger partial charge on any atom is -0.488 e. The van der Waals surface area contributed by atoms with Crippen molar-refractivity contribution in [3.63, 3.8) is 0 Å². The summed E-state index contributed by atoms with van der Waals surface area (Å²) in [7, 11) is 0. The highest BCUT2D eigenvalue weighted by Gasteiger charge is 2.46. The second kappa shape index (κ2) is 8.64. The van der Waals surface area contributed by atoms with Crippen LogP contribution in [0.15, 0.2) is 34.9 Å². The molecule has 1 aromatic carbocycles. The van der Waals surface area contributed by atoms with Gasteiger partial charge in [-0.3, -0.25) is 14.6 Å². The predicted molar refractivity (Wildman–Crippen MR) is 114 cm³/mol. The van der Waals surface area contributed by atoms with Gasteiger partial charge in [0.25, 0.3) is 5.91 Å². The Morgan fingerprint density at radius 3 is 2.76 bits per heavy atom. The molecule has 0 saturated carbocycles. The summed E-state index contributed by atoms with van der Waals surface area (Å²) in [5.41, 5.74) is 3.15. The number of aliphatic hydroxyl groups is 1. The number of nitrogens with two attached hydrogens (primary N) is 1. The van der Waals surface area contributed by atoms with E-state index in [2.05, 4.69) is 10.3 Å². The van der Waals surface area contributed by atoms with Crippen molar-refractivity contribution in [1.29, 1.82) is 0 Å². The predicted octanol–water partition coefficient (Wildman–Crippen LogP) is 2.97. The molecule has 1 atom stereocenters. The number of aryl methyl sites for hydroxylation is 1. The Labute approximate surface area is 191 Å². The molecule has 0 radical (unpaired) electrons. The fourth-order valence-electron chi connectivity index (χ4n) is 4.49. The quantitative estimate of drug-likeness (QED) is 0.501. The number of alkyl halides is 3. The number of piperidine rings is 1. The van der Waals surface area contributed by atoms with Gasteiger partial charge < -0.3 is 25.3 Å². The summed E-state index contributed by atoms with van der Waals surface area (Å²) < 4.78 is 51.7. The molecular weight excluding hydrogens is 455 g/mol. The molecule has 4 N–H and O–H groups in total. The SMILES string of the molecule is Cc1oc2ccc(OCc3cccnc3C(F)(F)F)c(C3(CO)CCCNC3=O)c2c1C(N)=O. The second-order valence-corrected chi connectivity index (χ2v) is 8.11. The van der Waals surface area contributed by atoms with Crippen LogP contribution in [0, 0.1) is 6.92 Å². The lowest BCUT2D eigenvalue weighted by molar-refractivity contribution is -0.142. The van der Waals surface area contributed by atoms with Crippen LogP contribution in [0.3, 0.4) is 0 Å². The number of pyridine rings is 1. The van der Waals surface area contributed by atoms with Crippen LogP contribution in [-0.4, -0.2) is 35.1 Å². The fourth-order valence-corrected chi connectivity index (χ4v) is 4.49. The number of benzene rings is 1. The first-order chi connectivity index (χ1) is 16.1. The molecule has 2 aromatic heterocycles. The number of halogens is 3. The van der Waals surface area contributed by atoms with Gasteiger partial charge in [-0.15, -0.1) is 0 Å². The molecule has 1 saturated heterocycles. The number of carbonyl (C=O) groups excluding carboxylic acids is 2. The van der Waals surface area contributed by atoms with E-state index in [1.807, 2.05) is 0 Å². The summed E-state index contributed by atoms with van der Waals surface area (Å²) in [5.74, 6) is -1.08. The standard InChI is InChI=1S/C23H22F3N3O5/c1-12-16(20(27)31)17-14(34-12)5-6-15(18(17)22(11-30)7-3-9-29-21(22)32)33-10-13-4-2-8-28-19(13)23(24,25)26/h2,4-6,8,30H,3,7,9-11H2,1H3,(H2,27,31)(H,29,32). The monoisotopic (exact) mass is 477 g/mol. The third kappa shape index (κ3) is 3.85. The Morgan fingerprint density at radius 1 is 1.35 bits per heavy atom. The van der Waals surface area contributed by atoms with Gasteiger partial charge >= 0.3 is 6.18 Å². The number of amides is 2. The van der Waals surface area contributed by atoms with E-state index in [9.17, 15) is 27.9 Å². The van der Waals surface area contributed by atoms with Gasteiger partial charge in [0.05, 0.1) is 12.2 Å². The van der Waals surface area contributed by atoms with Crippen LogP contribution in [0.5, 0.6) is 5.75 Å². The Balaban J connectivity index is 1.92. The average Bonchev–Trinajstić information content (AvgIpc) is 3.13. The summed E-state index contributed by atoms with van der Waals surface area (Å²) in [5, 5.41) is 13.3. The first-order valence-corrected chi connectivity index (χ1v) is 10.5. The molecule has 8 nitrogen and oxygen atoms in total. The summed E-state index contributed by atoms with van der Waals surface area (Å²) >= 11 is 0. The van der Waals surface area contributed by atoms with E-state index < -0.39 is 42.3 Å². The highest BCUT2D eigenvalue weighted by atomic mass is 19.4. The molecule has 1 aliphatic heterocycles. The number of aliphatic hydroxyl groups excluding tert-OH is 1. The number of nitrogens with zero attached hydrogens (tertiary/aromatic N) is 1. The topological polar surface area (TPSA) is 128 Å². The summed E-state index contributed by atoms with van der Waals surface area (Å²) in [6, 6.07) is 5.51. The Morgan fingerprint density at radius 2 is 2.12 bits per heavy atom. The van der Waals surface area contributed by atoms with E-state index >= 15 is 0 Å². The molecule has 3 aromatic rings. The average molecular weight is 477 g/mol. The van der Waals surface area contributed by atoms with Crippen molar-refractivity contribution >= 4 is 22.8 Å². The molecule has 0 spiro atoms. The molecule has 180 valence electrons. The van der Waals surface area contributed by atoms with Crippen LogP contribution in [0.1, 0.15) is 45.8 Å². The second-order valence-electron chi connectivity index (χ2n) is 8.11. The van der Waals surface area contributed by atoms with Gasteiger partial charge in [0.15, 0.2) is 5.69 Å². The fraction of sp³-hybridized carbons (Fsp3) is 0.348. The summed E-state index contributed by atoms with van der Waals surface area (Å²) in [6.45, 7) is 0.775. The van der Waals surface area contributed by atoms with Crippen molar-refractivity contribution in [2.45, 2.75) is 38.0 Å². The normalized spacial score (nSPS) is 18.7. The van der Waals surface area contributed by atoms with Gasteiger partial charge in [0, 0.05) is 29.3 Å². The number of rotatable bonds is 6. The number of carbonyl (C=O) groups is 2. The van der Waals surface area contributed by atoms with E-state index in [0.29, 0.717) is 13.0 Å². The summed E-state index contributed by atoms with van der Waals surface area (Å²) in [4.78, 5) is 28.8. The maximum Gasteiger partial charge on any atom is 0.433 e. The smallest absolute Gasteiger partial charge is 0.433 e. The third-order valence-corrected chi connectivity index (χ3v) is 6.03. The molecule has 1 unspecified atom stereocenters. The highest BCUT2D eigenvalue weighted by molar-refractivity contribution is 6.10. The Bertz CT molecular complexity index is 1270. The number of ether oxygens (including phenoxy) is 1. The molecule has 4 rings (SSSR count). The van der Waals surface area contributed by atoms with Gasteiger partial charge in [0.1, 0.15) is 29.1 Å². The summed E-state index contributed by atoms with van der Waals surface area (Å²) in [6.07, 6.45) is -2.92. The van der Waals surface area contributed by atoms with E-state index in [1.54, 1.807) is 0 Å². The first-order valence-electron chi connectivity index (χ1n) is 10.5. The maximum absolute atomic E-state index is 13.4. The minimum atomic E-state index is -4.69. The maximum atomic E-state index is 13.4. The van der Waals surface area contributed by atoms with E-state index in [1.165, 1.54) is 31.2 Å². The number of aromatic nitrogens is 1. The van der Waals surface area contributed by atoms with Crippen molar-refractivity contribution < 1.29 is 37.0 Å². The zero-order chi connectivity index (χ0) is 24.7. The molecule has 0 aliphatic carbocycles. The number of furan rings is 1. The van der Waals surface area contributed by atoms with Crippen molar-refractivity contribution in [3.05, 3.63) is 58.6 Å². The molecule has 1 fully saturated rings. The third-order valence-electron chi connectivity index (χ3n) is 6.03. The number of primary amides is 1. The van der Waals surface area contributed by atoms with Crippen molar-refractivity contribution in [3.8, 4) is 5.75 Å². The molecule has 34 heavy (non-hydrogen) atoms. The molecule has 0 bridgehead atoms. The number of hydrogen-bond acceptors (Lipinski definition) is 6. The zero-order valence-corrected chi connectivity index (χ0v) is 18.2. The number of fused-ring (bicyclic) bond motifs is 1. The zero-order valence-electron chi connectivity index (χ0n) is 18.2.